The molecular weight excluding hydrogens is 476 g/mol. The molecule has 0 spiro atoms. The van der Waals surface area contributed by atoms with Crippen LogP contribution in [0.1, 0.15) is 90.0 Å². The first-order valence-corrected chi connectivity index (χ1v) is 14.7. The van der Waals surface area contributed by atoms with E-state index in [0.717, 1.165) is 62.5 Å². The fourth-order valence-corrected chi connectivity index (χ4v) is 6.94. The molecule has 1 aliphatic heterocycles. The van der Waals surface area contributed by atoms with E-state index in [0.29, 0.717) is 36.6 Å². The van der Waals surface area contributed by atoms with Gasteiger partial charge in [0.05, 0.1) is 11.6 Å². The highest BCUT2D eigenvalue weighted by Crippen LogP contribution is 2.31. The summed E-state index contributed by atoms with van der Waals surface area (Å²) >= 11 is 0. The molecule has 1 aromatic carbocycles. The Labute approximate surface area is 224 Å². The maximum Gasteiger partial charge on any atom is 0.327 e. The first-order chi connectivity index (χ1) is 18.5. The quantitative estimate of drug-likeness (QED) is 0.512. The highest BCUT2D eigenvalue weighted by atomic mass is 16.2. The molecule has 5 rings (SSSR count). The maximum atomic E-state index is 13.7. The predicted octanol–water partition coefficient (Wildman–Crippen LogP) is 4.08. The van der Waals surface area contributed by atoms with Crippen molar-refractivity contribution in [2.75, 3.05) is 13.1 Å². The maximum absolute atomic E-state index is 13.7. The summed E-state index contributed by atoms with van der Waals surface area (Å²) in [6.45, 7) is 4.08. The van der Waals surface area contributed by atoms with Gasteiger partial charge in [-0.3, -0.25) is 19.3 Å². The third kappa shape index (κ3) is 5.73. The summed E-state index contributed by atoms with van der Waals surface area (Å²) in [5.74, 6) is 0.659. The van der Waals surface area contributed by atoms with Gasteiger partial charge in [0.15, 0.2) is 0 Å². The number of nitriles is 1. The zero-order valence-electron chi connectivity index (χ0n) is 22.7. The summed E-state index contributed by atoms with van der Waals surface area (Å²) in [5, 5.41) is 17.2. The lowest BCUT2D eigenvalue weighted by molar-refractivity contribution is -0.124. The van der Waals surface area contributed by atoms with Crippen molar-refractivity contribution in [2.45, 2.75) is 102 Å². The zero-order valence-corrected chi connectivity index (χ0v) is 22.7. The number of amides is 1. The number of carbonyl (C=O) groups excluding carboxylic acids is 1. The number of benzene rings is 1. The Morgan fingerprint density at radius 2 is 1.84 bits per heavy atom. The standard InChI is InChI=1S/C30H42N6O2/c1-21(23-13-17-32-18-14-23)36-26-12-6-5-11-24(26)27(34-29(36)38)33-25(19-22-9-3-2-4-10-22)28(37)35-30(20-31)15-7-8-16-30/h5-6,11-12,21-23,25,32H,2-4,7-10,13-19H2,1H3,(H,35,37)(H,33,34,38). The number of nitrogens with zero attached hydrogens (tertiary/aromatic N) is 3. The monoisotopic (exact) mass is 518 g/mol. The Morgan fingerprint density at radius 1 is 1.13 bits per heavy atom. The summed E-state index contributed by atoms with van der Waals surface area (Å²) in [7, 11) is 0. The smallest absolute Gasteiger partial charge is 0.327 e. The minimum atomic E-state index is -0.795. The molecule has 2 aliphatic carbocycles. The van der Waals surface area contributed by atoms with Crippen LogP contribution in [0.5, 0.6) is 0 Å². The molecule has 2 saturated carbocycles. The van der Waals surface area contributed by atoms with E-state index in [2.05, 4.69) is 28.6 Å². The Kier molecular flexibility index (Phi) is 8.32. The summed E-state index contributed by atoms with van der Waals surface area (Å²) in [6.07, 6.45) is 11.8. The molecule has 2 atom stereocenters. The van der Waals surface area contributed by atoms with E-state index >= 15 is 0 Å². The van der Waals surface area contributed by atoms with Crippen LogP contribution in [0.15, 0.2) is 34.1 Å². The lowest BCUT2D eigenvalue weighted by Gasteiger charge is -2.30. The second-order valence-electron chi connectivity index (χ2n) is 11.8. The zero-order chi connectivity index (χ0) is 26.5. The topological polar surface area (TPSA) is 115 Å². The van der Waals surface area contributed by atoms with Gasteiger partial charge in [0, 0.05) is 11.4 Å². The molecule has 8 heteroatoms. The van der Waals surface area contributed by atoms with Gasteiger partial charge in [-0.1, -0.05) is 44.2 Å². The molecule has 38 heavy (non-hydrogen) atoms. The fraction of sp³-hybridized carbons (Fsp3) is 0.667. The van der Waals surface area contributed by atoms with Crippen LogP contribution in [0.4, 0.5) is 0 Å². The van der Waals surface area contributed by atoms with Crippen LogP contribution in [0.3, 0.4) is 0 Å². The molecule has 1 saturated heterocycles. The lowest BCUT2D eigenvalue weighted by Crippen LogP contribution is -2.49. The van der Waals surface area contributed by atoms with Gasteiger partial charge < -0.3 is 10.6 Å². The Bertz CT molecular complexity index is 1290. The first kappa shape index (κ1) is 26.7. The molecule has 3 aliphatic rings. The number of fused-ring (bicyclic) bond motifs is 1. The SMILES string of the molecule is CC(C1CCNCC1)n1c(=O)[nH]c(=NC(CC2CCCCC2)C(=O)NC2(C#N)CCCC2)c2ccccc21. The van der Waals surface area contributed by atoms with Gasteiger partial charge in [0.25, 0.3) is 0 Å². The molecule has 0 radical (unpaired) electrons. The second-order valence-corrected chi connectivity index (χ2v) is 11.8. The van der Waals surface area contributed by atoms with Gasteiger partial charge in [-0.25, -0.2) is 4.79 Å². The van der Waals surface area contributed by atoms with Crippen molar-refractivity contribution in [2.24, 2.45) is 16.8 Å². The van der Waals surface area contributed by atoms with E-state index in [1.807, 2.05) is 28.8 Å². The van der Waals surface area contributed by atoms with Gasteiger partial charge in [-0.2, -0.15) is 5.26 Å². The minimum Gasteiger partial charge on any atom is -0.336 e. The van der Waals surface area contributed by atoms with Crippen molar-refractivity contribution in [3.63, 3.8) is 0 Å². The minimum absolute atomic E-state index is 0.0546. The van der Waals surface area contributed by atoms with Crippen LogP contribution in [-0.4, -0.2) is 40.1 Å². The van der Waals surface area contributed by atoms with Gasteiger partial charge in [-0.15, -0.1) is 0 Å². The molecule has 204 valence electrons. The van der Waals surface area contributed by atoms with Gasteiger partial charge in [0.1, 0.15) is 17.1 Å². The number of para-hydroxylation sites is 1. The number of carbonyl (C=O) groups is 1. The van der Waals surface area contributed by atoms with Crippen LogP contribution in [0, 0.1) is 23.2 Å². The van der Waals surface area contributed by atoms with E-state index in [-0.39, 0.29) is 17.6 Å². The molecule has 1 amide bonds. The third-order valence-electron chi connectivity index (χ3n) is 9.24. The summed E-state index contributed by atoms with van der Waals surface area (Å²) in [4.78, 5) is 35.2. The molecule has 3 fully saturated rings. The van der Waals surface area contributed by atoms with E-state index in [9.17, 15) is 14.9 Å². The van der Waals surface area contributed by atoms with Crippen LogP contribution < -0.4 is 21.8 Å². The molecule has 3 N–H and O–H groups in total. The number of piperidine rings is 1. The van der Waals surface area contributed by atoms with E-state index in [1.165, 1.54) is 19.3 Å². The van der Waals surface area contributed by atoms with Crippen molar-refractivity contribution in [3.8, 4) is 6.07 Å². The van der Waals surface area contributed by atoms with Gasteiger partial charge in [0.2, 0.25) is 5.91 Å². The van der Waals surface area contributed by atoms with Crippen LogP contribution in [0.2, 0.25) is 0 Å². The normalized spacial score (nSPS) is 22.7. The average molecular weight is 519 g/mol. The van der Waals surface area contributed by atoms with E-state index < -0.39 is 11.6 Å². The predicted molar refractivity (Wildman–Crippen MR) is 148 cm³/mol. The number of hydrogen-bond donors (Lipinski definition) is 3. The highest BCUT2D eigenvalue weighted by molar-refractivity contribution is 5.83. The van der Waals surface area contributed by atoms with E-state index in [1.54, 1.807) is 0 Å². The summed E-state index contributed by atoms with van der Waals surface area (Å²) in [6, 6.07) is 9.68. The molecule has 2 aromatic rings. The number of aromatic amines is 1. The average Bonchev–Trinajstić information content (AvgIpc) is 3.42. The summed E-state index contributed by atoms with van der Waals surface area (Å²) < 4.78 is 1.88. The van der Waals surface area contributed by atoms with Crippen molar-refractivity contribution in [1.82, 2.24) is 20.2 Å². The Hall–Kier alpha value is -2.92. The van der Waals surface area contributed by atoms with Crippen LogP contribution in [0.25, 0.3) is 10.9 Å². The van der Waals surface area contributed by atoms with Crippen LogP contribution in [-0.2, 0) is 4.79 Å². The molecule has 2 heterocycles. The molecule has 1 aromatic heterocycles. The number of hydrogen-bond acceptors (Lipinski definition) is 5. The molecular formula is C30H42N6O2. The number of rotatable bonds is 7. The van der Waals surface area contributed by atoms with E-state index in [4.69, 9.17) is 4.99 Å². The summed E-state index contributed by atoms with van der Waals surface area (Å²) in [5.41, 5.74) is 0.334. The molecule has 0 bridgehead atoms. The van der Waals surface area contributed by atoms with Crippen molar-refractivity contribution >= 4 is 16.8 Å². The van der Waals surface area contributed by atoms with Crippen molar-refractivity contribution < 1.29 is 4.79 Å². The first-order valence-electron chi connectivity index (χ1n) is 14.7. The Balaban J connectivity index is 1.54. The van der Waals surface area contributed by atoms with Gasteiger partial charge >= 0.3 is 5.69 Å². The molecule has 8 nitrogen and oxygen atoms in total. The molecule has 2 unspecified atom stereocenters. The number of nitrogens with one attached hydrogen (secondary N) is 3. The van der Waals surface area contributed by atoms with Gasteiger partial charge in [-0.05, 0) is 88.9 Å². The lowest BCUT2D eigenvalue weighted by atomic mass is 9.84. The number of aromatic nitrogens is 2. The highest BCUT2D eigenvalue weighted by Gasteiger charge is 2.37. The van der Waals surface area contributed by atoms with Crippen LogP contribution >= 0.6 is 0 Å². The van der Waals surface area contributed by atoms with Crippen molar-refractivity contribution in [1.29, 1.82) is 5.26 Å². The third-order valence-corrected chi connectivity index (χ3v) is 9.24. The second kappa shape index (κ2) is 11.9. The fourth-order valence-electron chi connectivity index (χ4n) is 6.94. The number of H-pyrrole nitrogens is 1. The Morgan fingerprint density at radius 3 is 2.55 bits per heavy atom. The largest absolute Gasteiger partial charge is 0.336 e. The van der Waals surface area contributed by atoms with Crippen molar-refractivity contribution in [3.05, 3.63) is 40.2 Å².